The van der Waals surface area contributed by atoms with Crippen LogP contribution >= 0.6 is 0 Å². The van der Waals surface area contributed by atoms with E-state index >= 15 is 0 Å². The Labute approximate surface area is 212 Å². The van der Waals surface area contributed by atoms with Crippen molar-refractivity contribution in [1.82, 2.24) is 5.32 Å². The summed E-state index contributed by atoms with van der Waals surface area (Å²) in [6.07, 6.45) is 1.37. The largest absolute Gasteiger partial charge is 0.490 e. The number of carboxylic acids is 1. The maximum atomic E-state index is 13.2. The molecule has 0 saturated carbocycles. The number of imide groups is 2. The van der Waals surface area contributed by atoms with Crippen molar-refractivity contribution in [2.75, 3.05) is 11.5 Å². The molecule has 2 aromatic carbocycles. The van der Waals surface area contributed by atoms with Crippen LogP contribution in [0.3, 0.4) is 0 Å². The number of aryl methyl sites for hydroxylation is 2. The Balaban J connectivity index is 1.61. The number of nitrogens with one attached hydrogen (secondary N) is 1. The summed E-state index contributed by atoms with van der Waals surface area (Å²) in [5, 5.41) is 11.2. The molecule has 10 heteroatoms. The Kier molecular flexibility index (Phi) is 7.10. The molecule has 1 saturated heterocycles. The van der Waals surface area contributed by atoms with Gasteiger partial charge in [0.15, 0.2) is 11.5 Å². The highest BCUT2D eigenvalue weighted by molar-refractivity contribution is 6.39. The fourth-order valence-corrected chi connectivity index (χ4v) is 3.86. The Morgan fingerprint density at radius 1 is 1.00 bits per heavy atom. The number of urea groups is 1. The topological polar surface area (TPSA) is 135 Å². The van der Waals surface area contributed by atoms with Gasteiger partial charge in [0, 0.05) is 0 Å². The van der Waals surface area contributed by atoms with E-state index in [0.717, 1.165) is 16.0 Å². The van der Waals surface area contributed by atoms with Crippen LogP contribution in [0.1, 0.15) is 39.9 Å². The molecule has 1 aliphatic heterocycles. The van der Waals surface area contributed by atoms with E-state index in [4.69, 9.17) is 19.0 Å². The van der Waals surface area contributed by atoms with Crippen LogP contribution in [-0.4, -0.2) is 35.5 Å². The second-order valence-corrected chi connectivity index (χ2v) is 8.30. The van der Waals surface area contributed by atoms with Gasteiger partial charge in [-0.1, -0.05) is 12.1 Å². The van der Waals surface area contributed by atoms with Crippen LogP contribution in [0, 0.1) is 13.8 Å². The standard InChI is InChI=1S/C27H24N2O8/c1-4-35-23-13-17(5-7-21(23)36-14-19-6-8-22(37-19)26(32)33)12-20-24(30)28-27(34)29(25(20)31)18-10-15(2)9-16(3)11-18/h5-13H,4,14H2,1-3H3,(H,32,33)(H,28,30,34). The maximum absolute atomic E-state index is 13.2. The fraction of sp³-hybridized carbons (Fsp3) is 0.185. The molecule has 1 fully saturated rings. The predicted molar refractivity (Wildman–Crippen MR) is 133 cm³/mol. The van der Waals surface area contributed by atoms with Crippen LogP contribution in [0.2, 0.25) is 0 Å². The molecule has 1 aromatic heterocycles. The van der Waals surface area contributed by atoms with Crippen molar-refractivity contribution < 1.29 is 38.2 Å². The first-order valence-electron chi connectivity index (χ1n) is 11.4. The molecule has 2 N–H and O–H groups in total. The quantitative estimate of drug-likeness (QED) is 0.344. The molecule has 4 rings (SSSR count). The smallest absolute Gasteiger partial charge is 0.371 e. The van der Waals surface area contributed by atoms with E-state index in [-0.39, 0.29) is 17.9 Å². The van der Waals surface area contributed by atoms with Gasteiger partial charge in [0.05, 0.1) is 12.3 Å². The molecule has 1 aliphatic rings. The first kappa shape index (κ1) is 25.2. The summed E-state index contributed by atoms with van der Waals surface area (Å²) in [6, 6.07) is 12.1. The summed E-state index contributed by atoms with van der Waals surface area (Å²) in [6.45, 7) is 5.75. The molecular formula is C27H24N2O8. The minimum absolute atomic E-state index is 0.0400. The molecular weight excluding hydrogens is 480 g/mol. The normalized spacial score (nSPS) is 14.6. The fourth-order valence-electron chi connectivity index (χ4n) is 3.86. The van der Waals surface area contributed by atoms with Gasteiger partial charge in [0.25, 0.3) is 11.8 Å². The average molecular weight is 504 g/mol. The van der Waals surface area contributed by atoms with Gasteiger partial charge in [-0.25, -0.2) is 14.5 Å². The predicted octanol–water partition coefficient (Wildman–Crippen LogP) is 4.24. The van der Waals surface area contributed by atoms with Gasteiger partial charge in [-0.15, -0.1) is 0 Å². The molecule has 0 spiro atoms. The van der Waals surface area contributed by atoms with Gasteiger partial charge in [0.2, 0.25) is 5.76 Å². The van der Waals surface area contributed by atoms with E-state index in [1.165, 1.54) is 18.2 Å². The van der Waals surface area contributed by atoms with Crippen LogP contribution in [0.25, 0.3) is 6.08 Å². The number of furan rings is 1. The van der Waals surface area contributed by atoms with E-state index in [0.29, 0.717) is 35.1 Å². The lowest BCUT2D eigenvalue weighted by Crippen LogP contribution is -2.54. The number of carbonyl (C=O) groups is 4. The van der Waals surface area contributed by atoms with Gasteiger partial charge >= 0.3 is 12.0 Å². The molecule has 0 unspecified atom stereocenters. The van der Waals surface area contributed by atoms with Crippen molar-refractivity contribution in [3.05, 3.63) is 82.3 Å². The number of barbiturate groups is 1. The summed E-state index contributed by atoms with van der Waals surface area (Å²) in [5.41, 5.74) is 2.34. The van der Waals surface area contributed by atoms with Crippen LogP contribution in [0.4, 0.5) is 10.5 Å². The molecule has 10 nitrogen and oxygen atoms in total. The van der Waals surface area contributed by atoms with Gasteiger partial charge in [0.1, 0.15) is 17.9 Å². The van der Waals surface area contributed by atoms with Crippen LogP contribution in [-0.2, 0) is 16.2 Å². The zero-order valence-corrected chi connectivity index (χ0v) is 20.4. The van der Waals surface area contributed by atoms with Crippen molar-refractivity contribution in [2.45, 2.75) is 27.4 Å². The lowest BCUT2D eigenvalue weighted by molar-refractivity contribution is -0.122. The van der Waals surface area contributed by atoms with E-state index in [2.05, 4.69) is 5.32 Å². The summed E-state index contributed by atoms with van der Waals surface area (Å²) in [4.78, 5) is 50.2. The maximum Gasteiger partial charge on any atom is 0.371 e. The summed E-state index contributed by atoms with van der Waals surface area (Å²) in [7, 11) is 0. The average Bonchev–Trinajstić information content (AvgIpc) is 3.30. The lowest BCUT2D eigenvalue weighted by Gasteiger charge is -2.27. The number of hydrogen-bond donors (Lipinski definition) is 2. The minimum Gasteiger partial charge on any atom is -0.490 e. The molecule has 0 aliphatic carbocycles. The van der Waals surface area contributed by atoms with Crippen molar-refractivity contribution in [1.29, 1.82) is 0 Å². The number of anilines is 1. The lowest BCUT2D eigenvalue weighted by atomic mass is 10.0. The van der Waals surface area contributed by atoms with Gasteiger partial charge in [-0.05, 0) is 79.9 Å². The highest BCUT2D eigenvalue weighted by Crippen LogP contribution is 2.31. The Bertz CT molecular complexity index is 1420. The summed E-state index contributed by atoms with van der Waals surface area (Å²) < 4.78 is 16.6. The van der Waals surface area contributed by atoms with Crippen LogP contribution < -0.4 is 19.7 Å². The zero-order chi connectivity index (χ0) is 26.7. The Hall–Kier alpha value is -4.86. The third kappa shape index (κ3) is 5.53. The number of benzene rings is 2. The highest BCUT2D eigenvalue weighted by atomic mass is 16.5. The second-order valence-electron chi connectivity index (χ2n) is 8.30. The van der Waals surface area contributed by atoms with Crippen LogP contribution in [0.5, 0.6) is 11.5 Å². The van der Waals surface area contributed by atoms with Gasteiger partial charge in [-0.3, -0.25) is 14.9 Å². The number of ether oxygens (including phenoxy) is 2. The monoisotopic (exact) mass is 504 g/mol. The second kappa shape index (κ2) is 10.4. The number of rotatable bonds is 8. The summed E-state index contributed by atoms with van der Waals surface area (Å²) in [5.74, 6) is -1.93. The number of amides is 4. The molecule has 37 heavy (non-hydrogen) atoms. The zero-order valence-electron chi connectivity index (χ0n) is 20.4. The van der Waals surface area contributed by atoms with Crippen molar-refractivity contribution >= 4 is 35.6 Å². The molecule has 0 bridgehead atoms. The van der Waals surface area contributed by atoms with E-state index < -0.39 is 23.8 Å². The van der Waals surface area contributed by atoms with Gasteiger partial charge < -0.3 is 19.0 Å². The van der Waals surface area contributed by atoms with E-state index in [1.807, 2.05) is 19.9 Å². The van der Waals surface area contributed by atoms with Crippen molar-refractivity contribution in [2.24, 2.45) is 0 Å². The Morgan fingerprint density at radius 3 is 2.38 bits per heavy atom. The number of aromatic carboxylic acids is 1. The molecule has 4 amide bonds. The third-order valence-corrected chi connectivity index (χ3v) is 5.39. The van der Waals surface area contributed by atoms with Gasteiger partial charge in [-0.2, -0.15) is 0 Å². The molecule has 2 heterocycles. The molecule has 3 aromatic rings. The number of carboxylic acid groups (broad SMARTS) is 1. The Morgan fingerprint density at radius 2 is 1.73 bits per heavy atom. The number of hydrogen-bond acceptors (Lipinski definition) is 7. The SMILES string of the molecule is CCOc1cc(C=C2C(=O)NC(=O)N(c3cc(C)cc(C)c3)C2=O)ccc1OCc1ccc(C(=O)O)o1. The first-order chi connectivity index (χ1) is 17.7. The van der Waals surface area contributed by atoms with Crippen molar-refractivity contribution in [3.63, 3.8) is 0 Å². The van der Waals surface area contributed by atoms with Crippen molar-refractivity contribution in [3.8, 4) is 11.5 Å². The molecule has 0 atom stereocenters. The summed E-state index contributed by atoms with van der Waals surface area (Å²) >= 11 is 0. The number of carbonyl (C=O) groups excluding carboxylic acids is 3. The highest BCUT2D eigenvalue weighted by Gasteiger charge is 2.37. The van der Waals surface area contributed by atoms with Crippen LogP contribution in [0.15, 0.2) is 58.5 Å². The third-order valence-electron chi connectivity index (χ3n) is 5.39. The minimum atomic E-state index is -1.18. The molecule has 190 valence electrons. The first-order valence-corrected chi connectivity index (χ1v) is 11.4. The van der Waals surface area contributed by atoms with E-state index in [1.54, 1.807) is 37.3 Å². The number of nitrogens with zero attached hydrogens (tertiary/aromatic N) is 1. The van der Waals surface area contributed by atoms with E-state index in [9.17, 15) is 19.2 Å². The molecule has 0 radical (unpaired) electrons.